The van der Waals surface area contributed by atoms with Crippen LogP contribution in [-0.2, 0) is 30.9 Å². The number of rotatable bonds is 10. The lowest BCUT2D eigenvalue weighted by Gasteiger charge is -2.35. The Kier molecular flexibility index (Phi) is 12.3. The monoisotopic (exact) mass is 757 g/mol. The molecule has 4 N–H and O–H groups in total. The summed E-state index contributed by atoms with van der Waals surface area (Å²) < 4.78 is 139. The molecule has 1 aliphatic heterocycles. The van der Waals surface area contributed by atoms with E-state index in [0.717, 1.165) is 54.8 Å². The van der Waals surface area contributed by atoms with Gasteiger partial charge in [-0.05, 0) is 74.3 Å². The number of likely N-dealkylation sites (tertiary alicyclic amines) is 1. The summed E-state index contributed by atoms with van der Waals surface area (Å²) in [6, 6.07) is 6.17. The highest BCUT2D eigenvalue weighted by Crippen LogP contribution is 2.59. The van der Waals surface area contributed by atoms with Gasteiger partial charge in [-0.1, -0.05) is 43.5 Å². The molecule has 284 valence electrons. The number of carboxylic acid groups (broad SMARTS) is 1. The Morgan fingerprint density at radius 1 is 0.882 bits per heavy atom. The minimum Gasteiger partial charge on any atom is -0.493 e. The van der Waals surface area contributed by atoms with E-state index in [1.165, 1.54) is 30.7 Å². The Morgan fingerprint density at radius 2 is 1.41 bits per heavy atom. The molecule has 1 amide bonds. The number of nitrogens with one attached hydrogen (secondary N) is 1. The van der Waals surface area contributed by atoms with Gasteiger partial charge in [0.15, 0.2) is 6.04 Å². The molecule has 0 radical (unpaired) electrons. The fourth-order valence-corrected chi connectivity index (χ4v) is 7.32. The van der Waals surface area contributed by atoms with Crippen molar-refractivity contribution in [3.63, 3.8) is 0 Å². The highest BCUT2D eigenvalue weighted by atomic mass is 32.2. The minimum absolute atomic E-state index is 0.0639. The zero-order valence-electron chi connectivity index (χ0n) is 27.3. The van der Waals surface area contributed by atoms with Crippen LogP contribution in [0.2, 0.25) is 0 Å². The lowest BCUT2D eigenvalue weighted by molar-refractivity contribution is -0.192. The van der Waals surface area contributed by atoms with E-state index in [2.05, 4.69) is 0 Å². The van der Waals surface area contributed by atoms with E-state index >= 15 is 8.78 Å². The molecule has 2 saturated carbocycles. The predicted molar refractivity (Wildman–Crippen MR) is 167 cm³/mol. The molecule has 2 aromatic rings. The SMILES string of the molecule is NC1CCN(C(=O)[C@@H](NS(=O)(=O)c2ccc(OCC3CCCCC3)cc2)C(F)(F)c2ccc(C3(C(F)(F)F)CC3)cc2)CC1.O=C(O)C(F)(F)F. The van der Waals surface area contributed by atoms with Crippen LogP contribution < -0.4 is 15.2 Å². The molecule has 1 heterocycles. The summed E-state index contributed by atoms with van der Waals surface area (Å²) in [6.45, 7) is 0.623. The van der Waals surface area contributed by atoms with Crippen LogP contribution in [0.15, 0.2) is 53.4 Å². The molecule has 2 aromatic carbocycles. The summed E-state index contributed by atoms with van der Waals surface area (Å²) >= 11 is 0. The number of ether oxygens (including phenoxy) is 1. The molecule has 3 aliphatic rings. The van der Waals surface area contributed by atoms with Gasteiger partial charge in [-0.15, -0.1) is 0 Å². The van der Waals surface area contributed by atoms with Crippen molar-refractivity contribution in [3.05, 3.63) is 59.7 Å². The number of halogens is 8. The molecule has 51 heavy (non-hydrogen) atoms. The number of sulfonamides is 1. The van der Waals surface area contributed by atoms with Gasteiger partial charge >= 0.3 is 18.3 Å². The van der Waals surface area contributed by atoms with Gasteiger partial charge in [0.1, 0.15) is 5.75 Å². The first kappa shape index (κ1) is 40.3. The minimum atomic E-state index is -5.08. The number of piperidine rings is 1. The van der Waals surface area contributed by atoms with E-state index in [-0.39, 0.29) is 42.4 Å². The van der Waals surface area contributed by atoms with Gasteiger partial charge in [0.25, 0.3) is 5.92 Å². The molecule has 1 saturated heterocycles. The number of hydrogen-bond donors (Lipinski definition) is 3. The van der Waals surface area contributed by atoms with Crippen LogP contribution in [0.3, 0.4) is 0 Å². The highest BCUT2D eigenvalue weighted by molar-refractivity contribution is 7.89. The first-order valence-electron chi connectivity index (χ1n) is 16.3. The van der Waals surface area contributed by atoms with E-state index in [4.69, 9.17) is 20.4 Å². The van der Waals surface area contributed by atoms with Crippen LogP contribution in [0, 0.1) is 5.92 Å². The third-order valence-electron chi connectivity index (χ3n) is 9.44. The summed E-state index contributed by atoms with van der Waals surface area (Å²) in [5, 5.41) is 7.12. The summed E-state index contributed by atoms with van der Waals surface area (Å²) in [4.78, 5) is 23.2. The van der Waals surface area contributed by atoms with E-state index in [0.29, 0.717) is 31.1 Å². The van der Waals surface area contributed by atoms with Gasteiger partial charge in [-0.2, -0.15) is 39.8 Å². The molecule has 3 fully saturated rings. The van der Waals surface area contributed by atoms with Crippen LogP contribution in [-0.4, -0.2) is 74.4 Å². The van der Waals surface area contributed by atoms with Crippen molar-refractivity contribution in [1.29, 1.82) is 0 Å². The number of amides is 1. The second-order valence-corrected chi connectivity index (χ2v) is 14.8. The Bertz CT molecular complexity index is 1600. The lowest BCUT2D eigenvalue weighted by Crippen LogP contribution is -2.58. The summed E-state index contributed by atoms with van der Waals surface area (Å²) in [7, 11) is -4.64. The predicted octanol–water partition coefficient (Wildman–Crippen LogP) is 6.26. The number of nitrogens with zero attached hydrogens (tertiary/aromatic N) is 1. The number of carboxylic acids is 1. The van der Waals surface area contributed by atoms with Crippen LogP contribution >= 0.6 is 0 Å². The van der Waals surface area contributed by atoms with Crippen molar-refractivity contribution in [1.82, 2.24) is 9.62 Å². The normalized spacial score (nSPS) is 19.4. The Labute approximate surface area is 289 Å². The van der Waals surface area contributed by atoms with Gasteiger partial charge in [0.05, 0.1) is 16.9 Å². The maximum absolute atomic E-state index is 16.1. The van der Waals surface area contributed by atoms with Crippen LogP contribution in [0.25, 0.3) is 0 Å². The average molecular weight is 758 g/mol. The third kappa shape index (κ3) is 9.88. The molecular weight excluding hydrogens is 718 g/mol. The Hall–Kier alpha value is -3.51. The number of hydrogen-bond acceptors (Lipinski definition) is 6. The van der Waals surface area contributed by atoms with E-state index < -0.39 is 57.2 Å². The fourth-order valence-electron chi connectivity index (χ4n) is 6.13. The molecule has 2 aliphatic carbocycles. The van der Waals surface area contributed by atoms with Crippen molar-refractivity contribution in [2.45, 2.75) is 98.5 Å². The lowest BCUT2D eigenvalue weighted by atomic mass is 9.90. The molecule has 9 nitrogen and oxygen atoms in total. The van der Waals surface area contributed by atoms with Crippen LogP contribution in [0.4, 0.5) is 35.1 Å². The van der Waals surface area contributed by atoms with Gasteiger partial charge in [0, 0.05) is 24.7 Å². The molecule has 0 unspecified atom stereocenters. The van der Waals surface area contributed by atoms with Crippen molar-refractivity contribution < 1.29 is 63.0 Å². The Balaban J connectivity index is 0.000000755. The van der Waals surface area contributed by atoms with Crippen molar-refractivity contribution in [3.8, 4) is 5.75 Å². The number of carbonyl (C=O) groups excluding carboxylic acids is 1. The second kappa shape index (κ2) is 15.6. The smallest absolute Gasteiger partial charge is 0.490 e. The summed E-state index contributed by atoms with van der Waals surface area (Å²) in [6.07, 6.45) is -3.58. The van der Waals surface area contributed by atoms with Crippen molar-refractivity contribution >= 4 is 21.9 Å². The standard InChI is InChI=1S/C31H38F5N3O4S.C2HF3O2/c32-30(33,23-8-6-22(7-9-23)29(16-17-29)31(34,35)36)27(28(40)39-18-14-24(37)15-19-39)38-44(41,42)26-12-10-25(11-13-26)43-20-21-4-2-1-3-5-21;3-2(4,5)1(6)7/h6-13,21,24,27,38H,1-5,14-20,37H2;(H,6,7)/t27-;/m1./s1. The highest BCUT2D eigenvalue weighted by Gasteiger charge is 2.64. The van der Waals surface area contributed by atoms with E-state index in [9.17, 15) is 39.6 Å². The number of carbonyl (C=O) groups is 2. The van der Waals surface area contributed by atoms with E-state index in [1.807, 2.05) is 4.72 Å². The zero-order valence-corrected chi connectivity index (χ0v) is 28.1. The molecule has 5 rings (SSSR count). The van der Waals surface area contributed by atoms with Gasteiger partial charge in [-0.25, -0.2) is 13.2 Å². The number of benzene rings is 2. The van der Waals surface area contributed by atoms with Gasteiger partial charge in [0.2, 0.25) is 15.9 Å². The maximum atomic E-state index is 16.1. The van der Waals surface area contributed by atoms with Crippen LogP contribution in [0.5, 0.6) is 5.75 Å². The van der Waals surface area contributed by atoms with Gasteiger partial charge in [-0.3, -0.25) is 4.79 Å². The Morgan fingerprint density at radius 3 is 1.88 bits per heavy atom. The average Bonchev–Trinajstić information content (AvgIpc) is 3.90. The third-order valence-corrected chi connectivity index (χ3v) is 10.9. The maximum Gasteiger partial charge on any atom is 0.490 e. The van der Waals surface area contributed by atoms with Crippen LogP contribution in [0.1, 0.15) is 68.9 Å². The topological polar surface area (TPSA) is 139 Å². The quantitative estimate of drug-likeness (QED) is 0.243. The second-order valence-electron chi connectivity index (χ2n) is 13.1. The molecule has 18 heteroatoms. The largest absolute Gasteiger partial charge is 0.493 e. The van der Waals surface area contributed by atoms with E-state index in [1.54, 1.807) is 0 Å². The van der Waals surface area contributed by atoms with Crippen molar-refractivity contribution in [2.24, 2.45) is 11.7 Å². The molecular formula is C33H39F8N3O6S. The number of aliphatic carboxylic acids is 1. The molecule has 0 spiro atoms. The number of alkyl halides is 8. The molecule has 1 atom stereocenters. The molecule has 0 aromatic heterocycles. The van der Waals surface area contributed by atoms with Crippen molar-refractivity contribution in [2.75, 3.05) is 19.7 Å². The summed E-state index contributed by atoms with van der Waals surface area (Å²) in [5.74, 6) is -7.14. The number of nitrogens with two attached hydrogens (primary N) is 1. The van der Waals surface area contributed by atoms with Gasteiger partial charge < -0.3 is 20.5 Å². The molecule has 0 bridgehead atoms. The zero-order chi connectivity index (χ0) is 37.8. The summed E-state index contributed by atoms with van der Waals surface area (Å²) in [5.41, 5.74) is 2.90. The fraction of sp³-hybridized carbons (Fsp3) is 0.576. The first-order valence-corrected chi connectivity index (χ1v) is 17.8. The first-order chi connectivity index (χ1) is 23.7.